The van der Waals surface area contributed by atoms with E-state index in [2.05, 4.69) is 22.2 Å². The molecule has 1 saturated carbocycles. The Balaban J connectivity index is 1.96. The standard InChI is InChI=1S/C17H27N3O2S/c1-5-14-11(3)15(21)20-17(19-14)23-12(4)16(22)18-13-8-6-10(2)7-9-13/h10,12-13H,5-9H2,1-4H3,(H,18,22)(H,19,20,21). The molecule has 2 rings (SSSR count). The van der Waals surface area contributed by atoms with Gasteiger partial charge in [-0.05, 0) is 51.9 Å². The molecule has 0 saturated heterocycles. The number of aryl methyl sites for hydroxylation is 1. The number of rotatable bonds is 5. The second-order valence-electron chi connectivity index (χ2n) is 6.52. The van der Waals surface area contributed by atoms with Crippen LogP contribution in [0.3, 0.4) is 0 Å². The fourth-order valence-corrected chi connectivity index (χ4v) is 3.72. The van der Waals surface area contributed by atoms with Gasteiger partial charge in [0, 0.05) is 11.6 Å². The molecule has 0 aromatic carbocycles. The Morgan fingerprint density at radius 3 is 2.65 bits per heavy atom. The first-order valence-corrected chi connectivity index (χ1v) is 9.35. The van der Waals surface area contributed by atoms with Gasteiger partial charge in [0.25, 0.3) is 5.56 Å². The van der Waals surface area contributed by atoms with Crippen molar-refractivity contribution < 1.29 is 4.79 Å². The maximum atomic E-state index is 12.4. The number of hydrogen-bond donors (Lipinski definition) is 2. The van der Waals surface area contributed by atoms with Gasteiger partial charge in [0.2, 0.25) is 5.91 Å². The Labute approximate surface area is 142 Å². The molecule has 1 amide bonds. The van der Waals surface area contributed by atoms with E-state index in [0.717, 1.165) is 24.5 Å². The van der Waals surface area contributed by atoms with Crippen LogP contribution in [-0.4, -0.2) is 27.2 Å². The van der Waals surface area contributed by atoms with E-state index in [1.807, 2.05) is 13.8 Å². The first kappa shape index (κ1) is 18.0. The monoisotopic (exact) mass is 337 g/mol. The molecule has 1 heterocycles. The van der Waals surface area contributed by atoms with Crippen molar-refractivity contribution in [3.8, 4) is 0 Å². The number of hydrogen-bond acceptors (Lipinski definition) is 4. The van der Waals surface area contributed by atoms with Gasteiger partial charge in [-0.2, -0.15) is 0 Å². The maximum absolute atomic E-state index is 12.4. The molecule has 0 spiro atoms. The fourth-order valence-electron chi connectivity index (χ4n) is 2.90. The largest absolute Gasteiger partial charge is 0.352 e. The van der Waals surface area contributed by atoms with Crippen molar-refractivity contribution in [1.82, 2.24) is 15.3 Å². The maximum Gasteiger partial charge on any atom is 0.254 e. The minimum Gasteiger partial charge on any atom is -0.352 e. The quantitative estimate of drug-likeness (QED) is 0.640. The topological polar surface area (TPSA) is 74.8 Å². The summed E-state index contributed by atoms with van der Waals surface area (Å²) < 4.78 is 0. The van der Waals surface area contributed by atoms with Crippen LogP contribution in [-0.2, 0) is 11.2 Å². The van der Waals surface area contributed by atoms with Crippen LogP contribution in [0.4, 0.5) is 0 Å². The van der Waals surface area contributed by atoms with Crippen molar-refractivity contribution in [3.63, 3.8) is 0 Å². The van der Waals surface area contributed by atoms with Crippen LogP contribution in [0.25, 0.3) is 0 Å². The van der Waals surface area contributed by atoms with Crippen LogP contribution in [0, 0.1) is 12.8 Å². The zero-order valence-corrected chi connectivity index (χ0v) is 15.3. The summed E-state index contributed by atoms with van der Waals surface area (Å²) in [7, 11) is 0. The van der Waals surface area contributed by atoms with Crippen molar-refractivity contribution in [1.29, 1.82) is 0 Å². The second kappa shape index (κ2) is 7.99. The minimum atomic E-state index is -0.273. The van der Waals surface area contributed by atoms with Gasteiger partial charge in [-0.25, -0.2) is 4.98 Å². The van der Waals surface area contributed by atoms with Gasteiger partial charge >= 0.3 is 0 Å². The van der Waals surface area contributed by atoms with Crippen molar-refractivity contribution in [2.24, 2.45) is 5.92 Å². The summed E-state index contributed by atoms with van der Waals surface area (Å²) in [5, 5.41) is 3.39. The van der Waals surface area contributed by atoms with Crippen LogP contribution in [0.15, 0.2) is 9.95 Å². The highest BCUT2D eigenvalue weighted by molar-refractivity contribution is 8.00. The van der Waals surface area contributed by atoms with E-state index in [-0.39, 0.29) is 22.8 Å². The summed E-state index contributed by atoms with van der Waals surface area (Å²) in [6.45, 7) is 7.88. The van der Waals surface area contributed by atoms with E-state index in [9.17, 15) is 9.59 Å². The molecule has 0 bridgehead atoms. The number of carbonyl (C=O) groups is 1. The zero-order valence-electron chi connectivity index (χ0n) is 14.4. The number of aromatic amines is 1. The molecule has 0 radical (unpaired) electrons. The van der Waals surface area contributed by atoms with Gasteiger partial charge < -0.3 is 10.3 Å². The summed E-state index contributed by atoms with van der Waals surface area (Å²) in [5.41, 5.74) is 1.34. The molecule has 5 nitrogen and oxygen atoms in total. The Morgan fingerprint density at radius 2 is 2.04 bits per heavy atom. The number of amides is 1. The third-order valence-corrected chi connectivity index (χ3v) is 5.57. The molecule has 128 valence electrons. The summed E-state index contributed by atoms with van der Waals surface area (Å²) >= 11 is 1.31. The Hall–Kier alpha value is -1.30. The van der Waals surface area contributed by atoms with Gasteiger partial charge in [-0.3, -0.25) is 9.59 Å². The molecule has 6 heteroatoms. The minimum absolute atomic E-state index is 0.0239. The molecule has 1 atom stereocenters. The lowest BCUT2D eigenvalue weighted by Gasteiger charge is -2.27. The number of nitrogens with zero attached hydrogens (tertiary/aromatic N) is 1. The number of thioether (sulfide) groups is 1. The third kappa shape index (κ3) is 4.83. The van der Waals surface area contributed by atoms with E-state index in [0.29, 0.717) is 17.1 Å². The summed E-state index contributed by atoms with van der Waals surface area (Å²) in [5.74, 6) is 0.792. The Bertz CT molecular complexity index is 606. The number of aromatic nitrogens is 2. The van der Waals surface area contributed by atoms with Gasteiger partial charge in [0.05, 0.1) is 10.9 Å². The lowest BCUT2D eigenvalue weighted by atomic mass is 9.87. The lowest BCUT2D eigenvalue weighted by molar-refractivity contribution is -0.121. The third-order valence-electron chi connectivity index (χ3n) is 4.59. The summed E-state index contributed by atoms with van der Waals surface area (Å²) in [6, 6.07) is 0.290. The normalized spacial score (nSPS) is 22.6. The molecular weight excluding hydrogens is 310 g/mol. The highest BCUT2D eigenvalue weighted by Crippen LogP contribution is 2.25. The first-order chi connectivity index (χ1) is 10.9. The molecule has 1 aliphatic rings. The van der Waals surface area contributed by atoms with Gasteiger partial charge in [0.1, 0.15) is 0 Å². The van der Waals surface area contributed by atoms with Crippen molar-refractivity contribution in [2.75, 3.05) is 0 Å². The van der Waals surface area contributed by atoms with Crippen molar-refractivity contribution in [2.45, 2.75) is 76.2 Å². The number of nitrogens with one attached hydrogen (secondary N) is 2. The summed E-state index contributed by atoms with van der Waals surface area (Å²) in [6.07, 6.45) is 5.19. The highest BCUT2D eigenvalue weighted by atomic mass is 32.2. The fraction of sp³-hybridized carbons (Fsp3) is 0.706. The van der Waals surface area contributed by atoms with Crippen LogP contribution in [0.1, 0.15) is 57.7 Å². The lowest BCUT2D eigenvalue weighted by Crippen LogP contribution is -2.41. The summed E-state index contributed by atoms with van der Waals surface area (Å²) in [4.78, 5) is 31.5. The zero-order chi connectivity index (χ0) is 17.0. The smallest absolute Gasteiger partial charge is 0.254 e. The average molecular weight is 337 g/mol. The van der Waals surface area contributed by atoms with E-state index < -0.39 is 0 Å². The molecular formula is C17H27N3O2S. The van der Waals surface area contributed by atoms with Crippen molar-refractivity contribution in [3.05, 3.63) is 21.6 Å². The van der Waals surface area contributed by atoms with E-state index >= 15 is 0 Å². The Morgan fingerprint density at radius 1 is 1.39 bits per heavy atom. The molecule has 1 unspecified atom stereocenters. The SMILES string of the molecule is CCc1nc(SC(C)C(=O)NC2CCC(C)CC2)[nH]c(=O)c1C. The molecule has 1 aliphatic carbocycles. The van der Waals surface area contributed by atoms with Crippen LogP contribution in [0.2, 0.25) is 0 Å². The van der Waals surface area contributed by atoms with Crippen molar-refractivity contribution >= 4 is 17.7 Å². The predicted octanol–water partition coefficient (Wildman–Crippen LogP) is 2.82. The molecule has 0 aliphatic heterocycles. The van der Waals surface area contributed by atoms with Gasteiger partial charge in [-0.1, -0.05) is 25.6 Å². The predicted molar refractivity (Wildman–Crippen MR) is 93.9 cm³/mol. The van der Waals surface area contributed by atoms with E-state index in [1.165, 1.54) is 24.6 Å². The number of H-pyrrole nitrogens is 1. The molecule has 1 fully saturated rings. The van der Waals surface area contributed by atoms with Crippen LogP contribution >= 0.6 is 11.8 Å². The van der Waals surface area contributed by atoms with Crippen LogP contribution < -0.4 is 10.9 Å². The van der Waals surface area contributed by atoms with E-state index in [4.69, 9.17) is 0 Å². The Kier molecular flexibility index (Phi) is 6.27. The van der Waals surface area contributed by atoms with E-state index in [1.54, 1.807) is 6.92 Å². The highest BCUT2D eigenvalue weighted by Gasteiger charge is 2.23. The molecule has 1 aromatic rings. The van der Waals surface area contributed by atoms with Crippen LogP contribution in [0.5, 0.6) is 0 Å². The first-order valence-electron chi connectivity index (χ1n) is 8.47. The molecule has 23 heavy (non-hydrogen) atoms. The average Bonchev–Trinajstić information content (AvgIpc) is 2.52. The molecule has 1 aromatic heterocycles. The molecule has 2 N–H and O–H groups in total. The number of carbonyl (C=O) groups excluding carboxylic acids is 1. The van der Waals surface area contributed by atoms with Gasteiger partial charge in [0.15, 0.2) is 5.16 Å². The second-order valence-corrected chi connectivity index (χ2v) is 7.85. The van der Waals surface area contributed by atoms with Gasteiger partial charge in [-0.15, -0.1) is 0 Å².